The first-order chi connectivity index (χ1) is 14.4. The SMILES string of the molecule is CCOc1ccc(OCc2nc3ccc(-c4ccccc4S(C)(=O)=O)cc3[nH]2)cc1. The van der Waals surface area contributed by atoms with Crippen molar-refractivity contribution in [1.29, 1.82) is 0 Å². The summed E-state index contributed by atoms with van der Waals surface area (Å²) in [6.07, 6.45) is 1.22. The molecule has 1 heterocycles. The molecule has 0 aliphatic heterocycles. The highest BCUT2D eigenvalue weighted by Crippen LogP contribution is 2.29. The van der Waals surface area contributed by atoms with Crippen molar-refractivity contribution >= 4 is 20.9 Å². The van der Waals surface area contributed by atoms with Gasteiger partial charge in [0.05, 0.1) is 22.5 Å². The van der Waals surface area contributed by atoms with Gasteiger partial charge in [0, 0.05) is 11.8 Å². The van der Waals surface area contributed by atoms with Crippen molar-refractivity contribution in [3.8, 4) is 22.6 Å². The van der Waals surface area contributed by atoms with Gasteiger partial charge < -0.3 is 14.5 Å². The van der Waals surface area contributed by atoms with E-state index in [1.165, 1.54) is 6.26 Å². The number of hydrogen-bond acceptors (Lipinski definition) is 5. The van der Waals surface area contributed by atoms with Gasteiger partial charge in [0.1, 0.15) is 23.9 Å². The van der Waals surface area contributed by atoms with E-state index in [4.69, 9.17) is 9.47 Å². The molecule has 3 aromatic carbocycles. The van der Waals surface area contributed by atoms with Crippen LogP contribution in [0, 0.1) is 0 Å². The molecule has 30 heavy (non-hydrogen) atoms. The minimum absolute atomic E-state index is 0.290. The molecule has 154 valence electrons. The Balaban J connectivity index is 1.56. The molecule has 0 aliphatic rings. The molecule has 0 aliphatic carbocycles. The molecule has 4 rings (SSSR count). The van der Waals surface area contributed by atoms with Gasteiger partial charge in [-0.25, -0.2) is 13.4 Å². The minimum Gasteiger partial charge on any atom is -0.494 e. The van der Waals surface area contributed by atoms with Crippen molar-refractivity contribution < 1.29 is 17.9 Å². The van der Waals surface area contributed by atoms with Crippen LogP contribution < -0.4 is 9.47 Å². The zero-order valence-electron chi connectivity index (χ0n) is 16.8. The Morgan fingerprint density at radius 2 is 1.63 bits per heavy atom. The van der Waals surface area contributed by atoms with Gasteiger partial charge in [-0.05, 0) is 55.0 Å². The zero-order valence-corrected chi connectivity index (χ0v) is 17.6. The summed E-state index contributed by atoms with van der Waals surface area (Å²) >= 11 is 0. The Morgan fingerprint density at radius 3 is 2.33 bits per heavy atom. The smallest absolute Gasteiger partial charge is 0.176 e. The molecule has 7 heteroatoms. The largest absolute Gasteiger partial charge is 0.494 e. The number of benzene rings is 3. The summed E-state index contributed by atoms with van der Waals surface area (Å²) in [6, 6.07) is 20.1. The van der Waals surface area contributed by atoms with Crippen molar-refractivity contribution in [2.24, 2.45) is 0 Å². The van der Waals surface area contributed by atoms with E-state index in [1.807, 2.05) is 61.5 Å². The Kier molecular flexibility index (Phi) is 5.46. The molecule has 0 saturated heterocycles. The first kappa shape index (κ1) is 20.0. The van der Waals surface area contributed by atoms with Crippen molar-refractivity contribution in [3.05, 3.63) is 72.6 Å². The summed E-state index contributed by atoms with van der Waals surface area (Å²) in [5.74, 6) is 2.21. The summed E-state index contributed by atoms with van der Waals surface area (Å²) in [6.45, 7) is 2.85. The number of imidazole rings is 1. The van der Waals surface area contributed by atoms with E-state index in [0.29, 0.717) is 22.9 Å². The molecule has 1 aromatic heterocycles. The second-order valence-corrected chi connectivity index (χ2v) is 8.86. The highest BCUT2D eigenvalue weighted by molar-refractivity contribution is 7.90. The van der Waals surface area contributed by atoms with E-state index in [9.17, 15) is 8.42 Å². The van der Waals surface area contributed by atoms with Gasteiger partial charge in [0.25, 0.3) is 0 Å². The standard InChI is InChI=1S/C23H22N2O4S/c1-3-28-17-9-11-18(12-10-17)29-15-23-24-20-13-8-16(14-21(20)25-23)19-6-4-5-7-22(19)30(2,26)27/h4-14H,3,15H2,1-2H3,(H,24,25). The Labute approximate surface area is 175 Å². The predicted octanol–water partition coefficient (Wildman–Crippen LogP) is 4.61. The van der Waals surface area contributed by atoms with Crippen LogP contribution in [0.4, 0.5) is 0 Å². The van der Waals surface area contributed by atoms with Gasteiger partial charge >= 0.3 is 0 Å². The Bertz CT molecular complexity index is 1280. The van der Waals surface area contributed by atoms with E-state index >= 15 is 0 Å². The summed E-state index contributed by atoms with van der Waals surface area (Å²) in [4.78, 5) is 8.12. The summed E-state index contributed by atoms with van der Waals surface area (Å²) in [7, 11) is -3.33. The van der Waals surface area contributed by atoms with Crippen LogP contribution in [0.3, 0.4) is 0 Å². The van der Waals surface area contributed by atoms with Crippen LogP contribution in [0.25, 0.3) is 22.2 Å². The summed E-state index contributed by atoms with van der Waals surface area (Å²) in [5.41, 5.74) is 3.09. The fraction of sp³-hybridized carbons (Fsp3) is 0.174. The number of sulfone groups is 1. The van der Waals surface area contributed by atoms with Crippen LogP contribution in [-0.2, 0) is 16.4 Å². The molecule has 0 saturated carbocycles. The maximum Gasteiger partial charge on any atom is 0.176 e. The number of hydrogen-bond donors (Lipinski definition) is 1. The molecule has 6 nitrogen and oxygen atoms in total. The first-order valence-corrected chi connectivity index (χ1v) is 11.5. The van der Waals surface area contributed by atoms with Gasteiger partial charge in [-0.2, -0.15) is 0 Å². The molecule has 0 atom stereocenters. The Hall–Kier alpha value is -3.32. The second kappa shape index (κ2) is 8.20. The first-order valence-electron chi connectivity index (χ1n) is 9.58. The third kappa shape index (κ3) is 4.31. The lowest BCUT2D eigenvalue weighted by Crippen LogP contribution is -1.99. The fourth-order valence-corrected chi connectivity index (χ4v) is 4.19. The highest BCUT2D eigenvalue weighted by Gasteiger charge is 2.15. The molecule has 0 fully saturated rings. The average Bonchev–Trinajstić information content (AvgIpc) is 3.15. The van der Waals surface area contributed by atoms with E-state index in [-0.39, 0.29) is 6.61 Å². The van der Waals surface area contributed by atoms with Gasteiger partial charge in [0.2, 0.25) is 0 Å². The number of nitrogens with one attached hydrogen (secondary N) is 1. The van der Waals surface area contributed by atoms with Gasteiger partial charge in [-0.3, -0.25) is 0 Å². The molecular weight excluding hydrogens is 400 g/mol. The van der Waals surface area contributed by atoms with E-state index in [0.717, 1.165) is 28.1 Å². The number of H-pyrrole nitrogens is 1. The second-order valence-electron chi connectivity index (χ2n) is 6.88. The van der Waals surface area contributed by atoms with Crippen molar-refractivity contribution in [2.75, 3.05) is 12.9 Å². The maximum absolute atomic E-state index is 12.1. The van der Waals surface area contributed by atoms with Crippen LogP contribution in [0.15, 0.2) is 71.6 Å². The topological polar surface area (TPSA) is 81.3 Å². The predicted molar refractivity (Wildman–Crippen MR) is 117 cm³/mol. The van der Waals surface area contributed by atoms with E-state index < -0.39 is 9.84 Å². The molecule has 0 unspecified atom stereocenters. The van der Waals surface area contributed by atoms with Crippen LogP contribution in [0.1, 0.15) is 12.7 Å². The Morgan fingerprint density at radius 1 is 0.933 bits per heavy atom. The third-order valence-electron chi connectivity index (χ3n) is 4.64. The quantitative estimate of drug-likeness (QED) is 0.470. The molecule has 1 N–H and O–H groups in total. The maximum atomic E-state index is 12.1. The van der Waals surface area contributed by atoms with E-state index in [2.05, 4.69) is 9.97 Å². The van der Waals surface area contributed by atoms with Crippen LogP contribution in [-0.4, -0.2) is 31.2 Å². The van der Waals surface area contributed by atoms with Gasteiger partial charge in [-0.1, -0.05) is 24.3 Å². The summed E-state index contributed by atoms with van der Waals surface area (Å²) < 4.78 is 35.5. The number of ether oxygens (including phenoxy) is 2. The van der Waals surface area contributed by atoms with Crippen LogP contribution in [0.5, 0.6) is 11.5 Å². The van der Waals surface area contributed by atoms with Crippen LogP contribution >= 0.6 is 0 Å². The zero-order chi connectivity index (χ0) is 21.1. The summed E-state index contributed by atoms with van der Waals surface area (Å²) in [5, 5.41) is 0. The number of aromatic amines is 1. The minimum atomic E-state index is -3.33. The average molecular weight is 423 g/mol. The van der Waals surface area contributed by atoms with Crippen molar-refractivity contribution in [1.82, 2.24) is 9.97 Å². The molecular formula is C23H22N2O4S. The molecule has 0 spiro atoms. The third-order valence-corrected chi connectivity index (χ3v) is 5.79. The fourth-order valence-electron chi connectivity index (χ4n) is 3.28. The number of nitrogens with zero attached hydrogens (tertiary/aromatic N) is 1. The van der Waals surface area contributed by atoms with Crippen LogP contribution in [0.2, 0.25) is 0 Å². The lowest BCUT2D eigenvalue weighted by Gasteiger charge is -2.07. The molecule has 0 radical (unpaired) electrons. The number of aromatic nitrogens is 2. The number of fused-ring (bicyclic) bond motifs is 1. The van der Waals surface area contributed by atoms with Crippen molar-refractivity contribution in [3.63, 3.8) is 0 Å². The molecule has 4 aromatic rings. The highest BCUT2D eigenvalue weighted by atomic mass is 32.2. The molecule has 0 amide bonds. The normalized spacial score (nSPS) is 11.5. The van der Waals surface area contributed by atoms with Gasteiger partial charge in [0.15, 0.2) is 9.84 Å². The lowest BCUT2D eigenvalue weighted by atomic mass is 10.1. The molecule has 0 bridgehead atoms. The lowest BCUT2D eigenvalue weighted by molar-refractivity contribution is 0.296. The van der Waals surface area contributed by atoms with Crippen molar-refractivity contribution in [2.45, 2.75) is 18.4 Å². The van der Waals surface area contributed by atoms with Gasteiger partial charge in [-0.15, -0.1) is 0 Å². The monoisotopic (exact) mass is 422 g/mol. The van der Waals surface area contributed by atoms with E-state index in [1.54, 1.807) is 12.1 Å². The number of rotatable bonds is 7.